The number of rotatable bonds is 7. The molecule has 0 saturated carbocycles. The van der Waals surface area contributed by atoms with Crippen molar-refractivity contribution in [1.82, 2.24) is 4.90 Å². The normalized spacial score (nSPS) is 14.2. The van der Waals surface area contributed by atoms with Crippen molar-refractivity contribution in [3.8, 4) is 17.2 Å². The Morgan fingerprint density at radius 2 is 1.82 bits per heavy atom. The molecule has 0 radical (unpaired) electrons. The molecule has 0 spiro atoms. The van der Waals surface area contributed by atoms with Gasteiger partial charge in [0.05, 0.1) is 18.4 Å². The monoisotopic (exact) mass is 450 g/mol. The third kappa shape index (κ3) is 4.50. The molecule has 0 unspecified atom stereocenters. The molecule has 1 aliphatic heterocycles. The Bertz CT molecular complexity index is 1140. The summed E-state index contributed by atoms with van der Waals surface area (Å²) in [5, 5.41) is 13.2. The van der Waals surface area contributed by atoms with Crippen LogP contribution < -0.4 is 14.8 Å². The lowest BCUT2D eigenvalue weighted by molar-refractivity contribution is -0.126. The number of fused-ring (bicyclic) bond motifs is 1. The van der Waals surface area contributed by atoms with E-state index in [1.165, 1.54) is 23.3 Å². The van der Waals surface area contributed by atoms with Crippen LogP contribution in [0.1, 0.15) is 36.4 Å². The summed E-state index contributed by atoms with van der Waals surface area (Å²) in [6.07, 6.45) is 1.83. The number of phenols is 1. The minimum Gasteiger partial charge on any atom is -0.507 e. The molecule has 172 valence electrons. The first-order chi connectivity index (χ1) is 15.9. The Labute approximate surface area is 191 Å². The van der Waals surface area contributed by atoms with Gasteiger partial charge in [-0.2, -0.15) is 0 Å². The number of furan rings is 1. The average molecular weight is 450 g/mol. The summed E-state index contributed by atoms with van der Waals surface area (Å²) in [6, 6.07) is 14.9. The second kappa shape index (κ2) is 9.28. The van der Waals surface area contributed by atoms with Crippen molar-refractivity contribution in [1.29, 1.82) is 0 Å². The van der Waals surface area contributed by atoms with Crippen LogP contribution in [0.5, 0.6) is 17.2 Å². The SMILES string of the molecule is CC[C@@](C)(C(=O)Nc1ccc2c(c1)OCCO2)N(Cc1ccco1)C(=O)c1ccccc1O. The fraction of sp³-hybridized carbons (Fsp3) is 0.280. The van der Waals surface area contributed by atoms with Crippen LogP contribution in [0.3, 0.4) is 0 Å². The molecule has 33 heavy (non-hydrogen) atoms. The van der Waals surface area contributed by atoms with E-state index in [4.69, 9.17) is 13.9 Å². The van der Waals surface area contributed by atoms with Crippen molar-refractivity contribution < 1.29 is 28.6 Å². The topological polar surface area (TPSA) is 101 Å². The van der Waals surface area contributed by atoms with Gasteiger partial charge in [0.25, 0.3) is 5.91 Å². The minimum absolute atomic E-state index is 0.0546. The number of para-hydroxylation sites is 1. The summed E-state index contributed by atoms with van der Waals surface area (Å²) in [4.78, 5) is 28.5. The molecular formula is C25H26N2O6. The third-order valence-electron chi connectivity index (χ3n) is 5.85. The molecule has 4 rings (SSSR count). The van der Waals surface area contributed by atoms with Crippen LogP contribution in [0.4, 0.5) is 5.69 Å². The first-order valence-corrected chi connectivity index (χ1v) is 10.8. The number of hydrogen-bond acceptors (Lipinski definition) is 6. The van der Waals surface area contributed by atoms with Gasteiger partial charge in [-0.1, -0.05) is 19.1 Å². The summed E-state index contributed by atoms with van der Waals surface area (Å²) >= 11 is 0. The van der Waals surface area contributed by atoms with Gasteiger partial charge in [-0.25, -0.2) is 0 Å². The number of ether oxygens (including phenoxy) is 2. The van der Waals surface area contributed by atoms with Crippen molar-refractivity contribution >= 4 is 17.5 Å². The number of amides is 2. The number of phenolic OH excluding ortho intramolecular Hbond substituents is 1. The van der Waals surface area contributed by atoms with Crippen LogP contribution >= 0.6 is 0 Å². The zero-order chi connectivity index (χ0) is 23.4. The van der Waals surface area contributed by atoms with Gasteiger partial charge in [-0.15, -0.1) is 0 Å². The third-order valence-corrected chi connectivity index (χ3v) is 5.85. The first-order valence-electron chi connectivity index (χ1n) is 10.8. The quantitative estimate of drug-likeness (QED) is 0.559. The summed E-state index contributed by atoms with van der Waals surface area (Å²) in [5.41, 5.74) is -0.618. The van der Waals surface area contributed by atoms with Crippen LogP contribution in [0, 0.1) is 0 Å². The molecule has 2 aromatic carbocycles. The number of anilines is 1. The van der Waals surface area contributed by atoms with Gasteiger partial charge in [-0.05, 0) is 49.7 Å². The van der Waals surface area contributed by atoms with E-state index in [0.717, 1.165) is 0 Å². The molecule has 8 heteroatoms. The van der Waals surface area contributed by atoms with Gasteiger partial charge in [0.2, 0.25) is 5.91 Å². The van der Waals surface area contributed by atoms with Gasteiger partial charge in [0.1, 0.15) is 30.3 Å². The fourth-order valence-electron chi connectivity index (χ4n) is 3.69. The van der Waals surface area contributed by atoms with Crippen LogP contribution in [-0.4, -0.2) is 40.6 Å². The van der Waals surface area contributed by atoms with Crippen LogP contribution in [0.15, 0.2) is 65.3 Å². The number of carbonyl (C=O) groups excluding carboxylic acids is 2. The molecule has 0 saturated heterocycles. The number of hydrogen-bond donors (Lipinski definition) is 2. The van der Waals surface area contributed by atoms with Crippen LogP contribution in [-0.2, 0) is 11.3 Å². The lowest BCUT2D eigenvalue weighted by Gasteiger charge is -2.39. The molecule has 3 aromatic rings. The highest BCUT2D eigenvalue weighted by atomic mass is 16.6. The molecule has 2 amide bonds. The predicted molar refractivity (Wildman–Crippen MR) is 121 cm³/mol. The van der Waals surface area contributed by atoms with Crippen molar-refractivity contribution in [2.75, 3.05) is 18.5 Å². The van der Waals surface area contributed by atoms with Gasteiger partial charge in [0, 0.05) is 11.8 Å². The lowest BCUT2D eigenvalue weighted by Crippen LogP contribution is -2.56. The van der Waals surface area contributed by atoms with Crippen LogP contribution in [0.2, 0.25) is 0 Å². The maximum absolute atomic E-state index is 13.6. The molecular weight excluding hydrogens is 424 g/mol. The molecule has 1 atom stereocenters. The zero-order valence-electron chi connectivity index (χ0n) is 18.5. The maximum atomic E-state index is 13.6. The van der Waals surface area contributed by atoms with Crippen molar-refractivity contribution in [3.05, 3.63) is 72.2 Å². The Balaban J connectivity index is 1.66. The highest BCUT2D eigenvalue weighted by Crippen LogP contribution is 2.34. The summed E-state index contributed by atoms with van der Waals surface area (Å²) in [5.74, 6) is 0.674. The maximum Gasteiger partial charge on any atom is 0.258 e. The zero-order valence-corrected chi connectivity index (χ0v) is 18.5. The molecule has 2 N–H and O–H groups in total. The largest absolute Gasteiger partial charge is 0.507 e. The number of aromatic hydroxyl groups is 1. The van der Waals surface area contributed by atoms with E-state index in [2.05, 4.69) is 5.32 Å². The fourth-order valence-corrected chi connectivity index (χ4v) is 3.69. The Morgan fingerprint density at radius 3 is 2.52 bits per heavy atom. The van der Waals surface area contributed by atoms with Crippen molar-refractivity contribution in [2.45, 2.75) is 32.4 Å². The average Bonchev–Trinajstić information content (AvgIpc) is 3.35. The second-order valence-electron chi connectivity index (χ2n) is 7.93. The highest BCUT2D eigenvalue weighted by Gasteiger charge is 2.42. The Hall–Kier alpha value is -3.94. The molecule has 0 bridgehead atoms. The smallest absolute Gasteiger partial charge is 0.258 e. The van der Waals surface area contributed by atoms with Gasteiger partial charge < -0.3 is 29.2 Å². The molecule has 2 heterocycles. The van der Waals surface area contributed by atoms with Crippen molar-refractivity contribution in [3.63, 3.8) is 0 Å². The van der Waals surface area contributed by atoms with Gasteiger partial charge in [0.15, 0.2) is 11.5 Å². The molecule has 1 aromatic heterocycles. The van der Waals surface area contributed by atoms with E-state index in [1.54, 1.807) is 49.4 Å². The number of nitrogens with zero attached hydrogens (tertiary/aromatic N) is 1. The lowest BCUT2D eigenvalue weighted by atomic mass is 9.93. The Kier molecular flexibility index (Phi) is 6.26. The predicted octanol–water partition coefficient (Wildman–Crippen LogP) is 4.21. The van der Waals surface area contributed by atoms with E-state index < -0.39 is 11.4 Å². The minimum atomic E-state index is -1.25. The van der Waals surface area contributed by atoms with Gasteiger partial charge >= 0.3 is 0 Å². The summed E-state index contributed by atoms with van der Waals surface area (Å²) in [6.45, 7) is 4.49. The highest BCUT2D eigenvalue weighted by molar-refractivity contribution is 6.04. The van der Waals surface area contributed by atoms with Crippen LogP contribution in [0.25, 0.3) is 0 Å². The second-order valence-corrected chi connectivity index (χ2v) is 7.93. The number of carbonyl (C=O) groups is 2. The van der Waals surface area contributed by atoms with Gasteiger partial charge in [-0.3, -0.25) is 9.59 Å². The van der Waals surface area contributed by atoms with E-state index in [9.17, 15) is 14.7 Å². The summed E-state index contributed by atoms with van der Waals surface area (Å²) in [7, 11) is 0. The molecule has 0 aliphatic carbocycles. The molecule has 0 fully saturated rings. The van der Waals surface area contributed by atoms with E-state index in [1.807, 2.05) is 6.92 Å². The first kappa shape index (κ1) is 22.3. The van der Waals surface area contributed by atoms with E-state index in [-0.39, 0.29) is 23.8 Å². The number of nitrogens with one attached hydrogen (secondary N) is 1. The molecule has 1 aliphatic rings. The standard InChI is InChI=1S/C25H26N2O6/c1-3-25(2,24(30)26-17-10-11-21-22(15-17)33-14-13-32-21)27(16-18-7-6-12-31-18)23(29)19-8-4-5-9-20(19)28/h4-12,15,28H,3,13-14,16H2,1-2H3,(H,26,30)/t25-/m0/s1. The Morgan fingerprint density at radius 1 is 1.06 bits per heavy atom. The number of benzene rings is 2. The van der Waals surface area contributed by atoms with E-state index in [0.29, 0.717) is 42.6 Å². The van der Waals surface area contributed by atoms with E-state index >= 15 is 0 Å². The van der Waals surface area contributed by atoms with Crippen molar-refractivity contribution in [2.24, 2.45) is 0 Å². The summed E-state index contributed by atoms with van der Waals surface area (Å²) < 4.78 is 16.6. The molecule has 8 nitrogen and oxygen atoms in total.